The summed E-state index contributed by atoms with van der Waals surface area (Å²) in [5, 5.41) is 7.85. The van der Waals surface area contributed by atoms with Gasteiger partial charge in [-0.2, -0.15) is 5.10 Å². The lowest BCUT2D eigenvalue weighted by atomic mass is 10.1. The monoisotopic (exact) mass is 437 g/mol. The maximum Gasteiger partial charge on any atom is 0.243 e. The molecule has 0 radical (unpaired) electrons. The standard InChI is InChI=1S/C18H24BrN5OS/c1-10-6-7-15(11(2)8-10)20-18(26)22-21-17(25)12(3)9-24-14(5)16(19)13(4)23-24/h6-8,12H,9H2,1-5H3,(H,21,25)(H2,20,22,26). The van der Waals surface area contributed by atoms with Crippen LogP contribution < -0.4 is 16.2 Å². The highest BCUT2D eigenvalue weighted by Crippen LogP contribution is 2.20. The third-order valence-electron chi connectivity index (χ3n) is 4.12. The molecule has 0 bridgehead atoms. The van der Waals surface area contributed by atoms with Crippen molar-refractivity contribution in [1.29, 1.82) is 0 Å². The van der Waals surface area contributed by atoms with Crippen LogP contribution in [0.5, 0.6) is 0 Å². The molecule has 2 aromatic rings. The fourth-order valence-corrected chi connectivity index (χ4v) is 2.99. The Bertz CT molecular complexity index is 833. The number of nitrogens with zero attached hydrogens (tertiary/aromatic N) is 2. The highest BCUT2D eigenvalue weighted by molar-refractivity contribution is 9.10. The number of carbonyl (C=O) groups excluding carboxylic acids is 1. The Morgan fingerprint density at radius 2 is 1.96 bits per heavy atom. The van der Waals surface area contributed by atoms with Crippen molar-refractivity contribution in [2.24, 2.45) is 5.92 Å². The van der Waals surface area contributed by atoms with Gasteiger partial charge < -0.3 is 5.32 Å². The summed E-state index contributed by atoms with van der Waals surface area (Å²) in [6.07, 6.45) is 0. The molecule has 0 aliphatic rings. The van der Waals surface area contributed by atoms with Gasteiger partial charge in [0, 0.05) is 11.4 Å². The molecule has 1 aromatic carbocycles. The van der Waals surface area contributed by atoms with Crippen LogP contribution in [0, 0.1) is 33.6 Å². The van der Waals surface area contributed by atoms with E-state index >= 15 is 0 Å². The Balaban J connectivity index is 1.86. The molecule has 1 aromatic heterocycles. The first kappa shape index (κ1) is 20.4. The third kappa shape index (κ3) is 5.04. The Morgan fingerprint density at radius 3 is 2.54 bits per heavy atom. The van der Waals surface area contributed by atoms with E-state index in [1.165, 1.54) is 5.56 Å². The van der Waals surface area contributed by atoms with E-state index in [0.29, 0.717) is 11.7 Å². The van der Waals surface area contributed by atoms with Crippen molar-refractivity contribution in [3.63, 3.8) is 0 Å². The zero-order valence-corrected chi connectivity index (χ0v) is 18.0. The van der Waals surface area contributed by atoms with Crippen LogP contribution in [-0.4, -0.2) is 20.8 Å². The van der Waals surface area contributed by atoms with Crippen LogP contribution in [0.25, 0.3) is 0 Å². The van der Waals surface area contributed by atoms with Gasteiger partial charge in [-0.1, -0.05) is 24.6 Å². The second-order valence-electron chi connectivity index (χ2n) is 6.45. The SMILES string of the molecule is Cc1ccc(NC(=S)NNC(=O)C(C)Cn2nc(C)c(Br)c2C)c(C)c1. The minimum atomic E-state index is -0.267. The number of anilines is 1. The first-order valence-electron chi connectivity index (χ1n) is 8.32. The van der Waals surface area contributed by atoms with E-state index in [0.717, 1.165) is 27.1 Å². The number of hydrazine groups is 1. The molecule has 1 amide bonds. The quantitative estimate of drug-likeness (QED) is 0.503. The summed E-state index contributed by atoms with van der Waals surface area (Å²) in [7, 11) is 0. The molecule has 0 saturated carbocycles. The summed E-state index contributed by atoms with van der Waals surface area (Å²) < 4.78 is 2.80. The molecule has 0 aliphatic heterocycles. The molecular weight excluding hydrogens is 414 g/mol. The van der Waals surface area contributed by atoms with Gasteiger partial charge in [-0.15, -0.1) is 0 Å². The Hall–Kier alpha value is -1.93. The topological polar surface area (TPSA) is 71.0 Å². The lowest BCUT2D eigenvalue weighted by Gasteiger charge is -2.16. The molecule has 0 saturated heterocycles. The van der Waals surface area contributed by atoms with Crippen molar-refractivity contribution in [2.45, 2.75) is 41.2 Å². The highest BCUT2D eigenvalue weighted by atomic mass is 79.9. The van der Waals surface area contributed by atoms with Crippen molar-refractivity contribution >= 4 is 44.9 Å². The number of rotatable bonds is 4. The number of hydrogen-bond acceptors (Lipinski definition) is 3. The van der Waals surface area contributed by atoms with Gasteiger partial charge in [0.1, 0.15) is 0 Å². The maximum absolute atomic E-state index is 12.3. The van der Waals surface area contributed by atoms with E-state index in [2.05, 4.69) is 43.3 Å². The van der Waals surface area contributed by atoms with Gasteiger partial charge in [-0.3, -0.25) is 20.3 Å². The number of thiocarbonyl (C=S) groups is 1. The molecule has 8 heteroatoms. The summed E-state index contributed by atoms with van der Waals surface area (Å²) >= 11 is 8.74. The average Bonchev–Trinajstić information content (AvgIpc) is 2.82. The minimum Gasteiger partial charge on any atom is -0.331 e. The summed E-state index contributed by atoms with van der Waals surface area (Å²) in [6.45, 7) is 10.3. The number of benzene rings is 1. The molecule has 26 heavy (non-hydrogen) atoms. The summed E-state index contributed by atoms with van der Waals surface area (Å²) in [5.41, 5.74) is 10.5. The van der Waals surface area contributed by atoms with Crippen LogP contribution in [0.3, 0.4) is 0 Å². The van der Waals surface area contributed by atoms with Crippen LogP contribution >= 0.6 is 28.1 Å². The Labute approximate surface area is 167 Å². The van der Waals surface area contributed by atoms with E-state index in [1.807, 2.05) is 51.4 Å². The fraction of sp³-hybridized carbons (Fsp3) is 0.389. The molecule has 1 atom stereocenters. The van der Waals surface area contributed by atoms with Gasteiger partial charge in [-0.05, 0) is 67.5 Å². The second kappa shape index (κ2) is 8.64. The largest absolute Gasteiger partial charge is 0.331 e. The van der Waals surface area contributed by atoms with Crippen molar-refractivity contribution < 1.29 is 4.79 Å². The average molecular weight is 438 g/mol. The number of aryl methyl sites for hydroxylation is 3. The lowest BCUT2D eigenvalue weighted by molar-refractivity contribution is -0.125. The molecule has 140 valence electrons. The third-order valence-corrected chi connectivity index (χ3v) is 5.47. The van der Waals surface area contributed by atoms with Gasteiger partial charge >= 0.3 is 0 Å². The van der Waals surface area contributed by atoms with Gasteiger partial charge in [0.2, 0.25) is 5.91 Å². The molecule has 0 aliphatic carbocycles. The van der Waals surface area contributed by atoms with Crippen molar-refractivity contribution in [3.8, 4) is 0 Å². The molecule has 3 N–H and O–H groups in total. The van der Waals surface area contributed by atoms with E-state index in [9.17, 15) is 4.79 Å². The predicted molar refractivity (Wildman–Crippen MR) is 112 cm³/mol. The van der Waals surface area contributed by atoms with E-state index in [1.54, 1.807) is 0 Å². The van der Waals surface area contributed by atoms with E-state index in [4.69, 9.17) is 12.2 Å². The summed E-state index contributed by atoms with van der Waals surface area (Å²) in [4.78, 5) is 12.3. The van der Waals surface area contributed by atoms with Crippen LogP contribution in [0.2, 0.25) is 0 Å². The van der Waals surface area contributed by atoms with Gasteiger partial charge in [0.25, 0.3) is 0 Å². The molecular formula is C18H24BrN5OS. The predicted octanol–water partition coefficient (Wildman–Crippen LogP) is 3.53. The lowest BCUT2D eigenvalue weighted by Crippen LogP contribution is -2.46. The van der Waals surface area contributed by atoms with Crippen LogP contribution in [0.15, 0.2) is 22.7 Å². The van der Waals surface area contributed by atoms with Gasteiger partial charge in [0.05, 0.1) is 22.6 Å². The summed E-state index contributed by atoms with van der Waals surface area (Å²) in [5.74, 6) is -0.422. The molecule has 0 fully saturated rings. The second-order valence-corrected chi connectivity index (χ2v) is 7.66. The Morgan fingerprint density at radius 1 is 1.27 bits per heavy atom. The van der Waals surface area contributed by atoms with Crippen LogP contribution in [0.4, 0.5) is 5.69 Å². The van der Waals surface area contributed by atoms with Crippen LogP contribution in [0.1, 0.15) is 29.4 Å². The zero-order chi connectivity index (χ0) is 19.4. The van der Waals surface area contributed by atoms with Crippen molar-refractivity contribution in [2.75, 3.05) is 5.32 Å². The number of aromatic nitrogens is 2. The first-order valence-corrected chi connectivity index (χ1v) is 9.52. The first-order chi connectivity index (χ1) is 12.2. The number of halogens is 1. The fourth-order valence-electron chi connectivity index (χ4n) is 2.54. The zero-order valence-electron chi connectivity index (χ0n) is 15.6. The van der Waals surface area contributed by atoms with E-state index in [-0.39, 0.29) is 11.8 Å². The molecule has 6 nitrogen and oxygen atoms in total. The number of amides is 1. The molecule has 1 unspecified atom stereocenters. The van der Waals surface area contributed by atoms with Crippen molar-refractivity contribution in [1.82, 2.24) is 20.6 Å². The van der Waals surface area contributed by atoms with Gasteiger partial charge in [-0.25, -0.2) is 0 Å². The number of hydrogen-bond donors (Lipinski definition) is 3. The van der Waals surface area contributed by atoms with E-state index < -0.39 is 0 Å². The molecule has 2 rings (SSSR count). The number of carbonyl (C=O) groups is 1. The maximum atomic E-state index is 12.3. The smallest absolute Gasteiger partial charge is 0.243 e. The summed E-state index contributed by atoms with van der Waals surface area (Å²) in [6, 6.07) is 6.03. The van der Waals surface area contributed by atoms with Crippen LogP contribution in [-0.2, 0) is 11.3 Å². The highest BCUT2D eigenvalue weighted by Gasteiger charge is 2.17. The molecule has 1 heterocycles. The Kier molecular flexibility index (Phi) is 6.77. The van der Waals surface area contributed by atoms with Crippen molar-refractivity contribution in [3.05, 3.63) is 45.2 Å². The van der Waals surface area contributed by atoms with Gasteiger partial charge in [0.15, 0.2) is 5.11 Å². The minimum absolute atomic E-state index is 0.154. The number of nitrogens with one attached hydrogen (secondary N) is 3. The normalized spacial score (nSPS) is 11.8. The molecule has 0 spiro atoms.